The predicted octanol–water partition coefficient (Wildman–Crippen LogP) is 2.93. The Morgan fingerprint density at radius 3 is 2.41 bits per heavy atom. The fourth-order valence-electron chi connectivity index (χ4n) is 3.98. The number of carbonyl (C=O) groups is 1. The summed E-state index contributed by atoms with van der Waals surface area (Å²) in [6.45, 7) is 5.05. The van der Waals surface area contributed by atoms with E-state index >= 15 is 0 Å². The molecule has 0 unspecified atom stereocenters. The van der Waals surface area contributed by atoms with Crippen molar-refractivity contribution in [3.05, 3.63) is 23.3 Å². The van der Waals surface area contributed by atoms with Crippen LogP contribution in [-0.2, 0) is 14.8 Å². The van der Waals surface area contributed by atoms with Gasteiger partial charge < -0.3 is 5.32 Å². The van der Waals surface area contributed by atoms with Crippen molar-refractivity contribution in [3.63, 3.8) is 0 Å². The van der Waals surface area contributed by atoms with Gasteiger partial charge in [0.2, 0.25) is 15.9 Å². The molecule has 2 aliphatic rings. The van der Waals surface area contributed by atoms with Gasteiger partial charge in [-0.25, -0.2) is 13.6 Å². The average Bonchev–Trinajstić information content (AvgIpc) is 3.43. The smallest absolute Gasteiger partial charge is 0.238 e. The van der Waals surface area contributed by atoms with Crippen LogP contribution in [0, 0.1) is 19.8 Å². The largest absolute Gasteiger partial charge is 0.325 e. The maximum absolute atomic E-state index is 12.7. The van der Waals surface area contributed by atoms with Crippen LogP contribution in [0.25, 0.3) is 0 Å². The quantitative estimate of drug-likeness (QED) is 0.745. The maximum atomic E-state index is 12.7. The third-order valence-corrected chi connectivity index (χ3v) is 6.76. The molecule has 0 radical (unpaired) electrons. The van der Waals surface area contributed by atoms with Crippen LogP contribution >= 0.6 is 0 Å². The van der Waals surface area contributed by atoms with Crippen LogP contribution in [0.15, 0.2) is 17.0 Å². The molecule has 0 heterocycles. The number of nitrogens with two attached hydrogens (primary N) is 1. The molecule has 2 saturated carbocycles. The number of rotatable bonds is 7. The standard InChI is InChI=1S/C20H31N3O3S/c1-14-10-18(27(21,25)26)11-19(15(14)2)22-20(24)13-23(17-8-9-17)12-16-6-4-3-5-7-16/h10-11,16-17H,3-9,12-13H2,1-2H3,(H,22,24)(H2,21,25,26). The summed E-state index contributed by atoms with van der Waals surface area (Å²) in [5, 5.41) is 8.17. The fourth-order valence-corrected chi connectivity index (χ4v) is 4.60. The summed E-state index contributed by atoms with van der Waals surface area (Å²) >= 11 is 0. The van der Waals surface area contributed by atoms with Gasteiger partial charge in [-0.2, -0.15) is 0 Å². The minimum absolute atomic E-state index is 0.0298. The number of hydrogen-bond donors (Lipinski definition) is 2. The highest BCUT2D eigenvalue weighted by Crippen LogP contribution is 2.31. The highest BCUT2D eigenvalue weighted by molar-refractivity contribution is 7.89. The summed E-state index contributed by atoms with van der Waals surface area (Å²) in [5.41, 5.74) is 2.18. The van der Waals surface area contributed by atoms with Crippen molar-refractivity contribution in [1.82, 2.24) is 4.90 Å². The molecule has 0 saturated heterocycles. The van der Waals surface area contributed by atoms with Crippen molar-refractivity contribution < 1.29 is 13.2 Å². The molecular formula is C20H31N3O3S. The summed E-state index contributed by atoms with van der Waals surface area (Å²) < 4.78 is 23.4. The molecule has 3 rings (SSSR count). The summed E-state index contributed by atoms with van der Waals surface area (Å²) in [6, 6.07) is 3.52. The zero-order valence-electron chi connectivity index (χ0n) is 16.3. The van der Waals surface area contributed by atoms with E-state index in [4.69, 9.17) is 5.14 Å². The van der Waals surface area contributed by atoms with Crippen LogP contribution in [0.4, 0.5) is 5.69 Å². The average molecular weight is 394 g/mol. The summed E-state index contributed by atoms with van der Waals surface area (Å²) in [6.07, 6.45) is 8.79. The molecule has 7 heteroatoms. The molecule has 0 aromatic heterocycles. The predicted molar refractivity (Wildman–Crippen MR) is 107 cm³/mol. The third kappa shape index (κ3) is 5.53. The molecule has 0 bridgehead atoms. The molecule has 0 aliphatic heterocycles. The van der Waals surface area contributed by atoms with E-state index in [-0.39, 0.29) is 10.8 Å². The molecule has 2 aliphatic carbocycles. The Morgan fingerprint density at radius 1 is 1.15 bits per heavy atom. The molecule has 1 aromatic rings. The highest BCUT2D eigenvalue weighted by Gasteiger charge is 2.32. The number of anilines is 1. The zero-order chi connectivity index (χ0) is 19.6. The second-order valence-electron chi connectivity index (χ2n) is 8.17. The monoisotopic (exact) mass is 393 g/mol. The molecule has 0 spiro atoms. The Kier molecular flexibility index (Phi) is 6.23. The van der Waals surface area contributed by atoms with E-state index in [1.165, 1.54) is 51.0 Å². The first-order valence-electron chi connectivity index (χ1n) is 9.92. The Hall–Kier alpha value is -1.44. The third-order valence-electron chi connectivity index (χ3n) is 5.87. The van der Waals surface area contributed by atoms with Crippen LogP contribution in [0.3, 0.4) is 0 Å². The molecule has 6 nitrogen and oxygen atoms in total. The zero-order valence-corrected chi connectivity index (χ0v) is 17.1. The van der Waals surface area contributed by atoms with Crippen molar-refractivity contribution >= 4 is 21.6 Å². The minimum Gasteiger partial charge on any atom is -0.325 e. The topological polar surface area (TPSA) is 92.5 Å². The van der Waals surface area contributed by atoms with E-state index in [2.05, 4.69) is 10.2 Å². The first kappa shape index (κ1) is 20.3. The highest BCUT2D eigenvalue weighted by atomic mass is 32.2. The summed E-state index contributed by atoms with van der Waals surface area (Å²) in [7, 11) is -3.81. The number of nitrogens with zero attached hydrogens (tertiary/aromatic N) is 1. The van der Waals surface area contributed by atoms with E-state index in [1.807, 2.05) is 13.8 Å². The van der Waals surface area contributed by atoms with E-state index in [1.54, 1.807) is 6.07 Å². The van der Waals surface area contributed by atoms with E-state index in [9.17, 15) is 13.2 Å². The van der Waals surface area contributed by atoms with Crippen molar-refractivity contribution in [1.29, 1.82) is 0 Å². The van der Waals surface area contributed by atoms with Gasteiger partial charge in [0.25, 0.3) is 0 Å². The molecule has 2 fully saturated rings. The fraction of sp³-hybridized carbons (Fsp3) is 0.650. The summed E-state index contributed by atoms with van der Waals surface area (Å²) in [4.78, 5) is 15.0. The molecule has 27 heavy (non-hydrogen) atoms. The van der Waals surface area contributed by atoms with Crippen LogP contribution < -0.4 is 10.5 Å². The number of benzene rings is 1. The van der Waals surface area contributed by atoms with E-state index in [0.717, 1.165) is 17.7 Å². The van der Waals surface area contributed by atoms with Gasteiger partial charge in [0, 0.05) is 18.3 Å². The lowest BCUT2D eigenvalue weighted by atomic mass is 9.89. The van der Waals surface area contributed by atoms with Crippen molar-refractivity contribution in [2.45, 2.75) is 69.7 Å². The summed E-state index contributed by atoms with van der Waals surface area (Å²) in [5.74, 6) is 0.605. The molecular weight excluding hydrogens is 362 g/mol. The SMILES string of the molecule is Cc1cc(S(N)(=O)=O)cc(NC(=O)CN(CC2CCCCC2)C2CC2)c1C. The lowest BCUT2D eigenvalue weighted by Gasteiger charge is -2.29. The van der Waals surface area contributed by atoms with Crippen LogP contribution in [0.2, 0.25) is 0 Å². The van der Waals surface area contributed by atoms with Gasteiger partial charge >= 0.3 is 0 Å². The molecule has 0 atom stereocenters. The second kappa shape index (κ2) is 8.29. The number of hydrogen-bond acceptors (Lipinski definition) is 4. The van der Waals surface area contributed by atoms with Crippen LogP contribution in [0.1, 0.15) is 56.1 Å². The van der Waals surface area contributed by atoms with Crippen LogP contribution in [-0.4, -0.2) is 38.4 Å². The Balaban J connectivity index is 1.68. The number of primary sulfonamides is 1. The number of nitrogens with one attached hydrogen (secondary N) is 1. The molecule has 1 aromatic carbocycles. The van der Waals surface area contributed by atoms with Gasteiger partial charge in [0.1, 0.15) is 0 Å². The van der Waals surface area contributed by atoms with Crippen LogP contribution in [0.5, 0.6) is 0 Å². The molecule has 3 N–H and O–H groups in total. The molecule has 150 valence electrons. The Bertz CT molecular complexity index is 797. The van der Waals surface area contributed by atoms with Crippen molar-refractivity contribution in [3.8, 4) is 0 Å². The van der Waals surface area contributed by atoms with Crippen molar-refractivity contribution in [2.24, 2.45) is 11.1 Å². The van der Waals surface area contributed by atoms with E-state index < -0.39 is 10.0 Å². The van der Waals surface area contributed by atoms with Gasteiger partial charge in [-0.1, -0.05) is 19.3 Å². The maximum Gasteiger partial charge on any atom is 0.238 e. The second-order valence-corrected chi connectivity index (χ2v) is 9.73. The van der Waals surface area contributed by atoms with Gasteiger partial charge in [-0.05, 0) is 68.7 Å². The van der Waals surface area contributed by atoms with E-state index in [0.29, 0.717) is 24.2 Å². The Morgan fingerprint density at radius 2 is 1.81 bits per heavy atom. The minimum atomic E-state index is -3.81. The van der Waals surface area contributed by atoms with Gasteiger partial charge in [-0.15, -0.1) is 0 Å². The number of aryl methyl sites for hydroxylation is 1. The Labute approximate surface area is 162 Å². The van der Waals surface area contributed by atoms with Gasteiger partial charge in [-0.3, -0.25) is 9.69 Å². The molecule has 1 amide bonds. The van der Waals surface area contributed by atoms with Gasteiger partial charge in [0.05, 0.1) is 11.4 Å². The lowest BCUT2D eigenvalue weighted by molar-refractivity contribution is -0.117. The lowest BCUT2D eigenvalue weighted by Crippen LogP contribution is -2.38. The first-order valence-corrected chi connectivity index (χ1v) is 11.5. The first-order chi connectivity index (χ1) is 12.7. The normalized spacial score (nSPS) is 18.7. The number of sulfonamides is 1. The van der Waals surface area contributed by atoms with Gasteiger partial charge in [0.15, 0.2) is 0 Å². The number of carbonyl (C=O) groups excluding carboxylic acids is 1. The number of amides is 1. The van der Waals surface area contributed by atoms with Crippen molar-refractivity contribution in [2.75, 3.05) is 18.4 Å².